The molecule has 0 saturated carbocycles. The molecule has 1 amide bonds. The molecule has 8 heteroatoms. The number of rotatable bonds is 7. The highest BCUT2D eigenvalue weighted by molar-refractivity contribution is 6.30. The molecule has 0 aliphatic carbocycles. The number of carbonyl (C=O) groups is 1. The largest absolute Gasteiger partial charge is 0.444 e. The molecule has 0 heterocycles. The fourth-order valence-corrected chi connectivity index (χ4v) is 2.07. The number of hydrogen-bond acceptors (Lipinski definition) is 4. The first-order valence-electron chi connectivity index (χ1n) is 7.50. The van der Waals surface area contributed by atoms with Gasteiger partial charge in [0.2, 0.25) is 0 Å². The van der Waals surface area contributed by atoms with Crippen LogP contribution in [0.1, 0.15) is 33.3 Å². The van der Waals surface area contributed by atoms with Crippen molar-refractivity contribution in [3.05, 3.63) is 28.8 Å². The van der Waals surface area contributed by atoms with Gasteiger partial charge in [0, 0.05) is 29.7 Å². The normalized spacial score (nSPS) is 12.8. The maximum absolute atomic E-state index is 12.4. The quantitative estimate of drug-likeness (QED) is 0.769. The molecule has 0 bridgehead atoms. The smallest absolute Gasteiger partial charge is 0.407 e. The summed E-state index contributed by atoms with van der Waals surface area (Å²) in [5.41, 5.74) is -0.0632. The van der Waals surface area contributed by atoms with Gasteiger partial charge in [0.15, 0.2) is 0 Å². The first-order chi connectivity index (χ1) is 11.1. The fraction of sp³-hybridized carbons (Fsp3) is 0.562. The predicted molar refractivity (Wildman–Crippen MR) is 88.6 cm³/mol. The summed E-state index contributed by atoms with van der Waals surface area (Å²) in [5, 5.41) is 6.16. The van der Waals surface area contributed by atoms with Crippen LogP contribution in [0.2, 0.25) is 5.02 Å². The number of hydrogen-bond donors (Lipinski definition) is 2. The summed E-state index contributed by atoms with van der Waals surface area (Å²) >= 11 is 5.88. The van der Waals surface area contributed by atoms with Crippen molar-refractivity contribution in [1.29, 1.82) is 0 Å². The van der Waals surface area contributed by atoms with Crippen molar-refractivity contribution in [2.24, 2.45) is 0 Å². The van der Waals surface area contributed by atoms with Crippen molar-refractivity contribution >= 4 is 17.7 Å². The standard InChI is InChI=1S/C16H23ClF2N2O3/c1-10(21-15(22)24-16(2,3)4)8-20-9-11-7-12(17)5-6-13(11)23-14(18)19/h5-7,10,14,20H,8-9H2,1-4H3,(H,21,22). The molecule has 0 aliphatic rings. The second-order valence-electron chi connectivity index (χ2n) is 6.31. The highest BCUT2D eigenvalue weighted by Gasteiger charge is 2.17. The third kappa shape index (κ3) is 8.31. The highest BCUT2D eigenvalue weighted by Crippen LogP contribution is 2.24. The Labute approximate surface area is 145 Å². The van der Waals surface area contributed by atoms with Crippen LogP contribution >= 0.6 is 11.6 Å². The van der Waals surface area contributed by atoms with Gasteiger partial charge in [-0.05, 0) is 45.9 Å². The Balaban J connectivity index is 2.49. The van der Waals surface area contributed by atoms with Crippen molar-refractivity contribution in [1.82, 2.24) is 10.6 Å². The SMILES string of the molecule is CC(CNCc1cc(Cl)ccc1OC(F)F)NC(=O)OC(C)(C)C. The minimum absolute atomic E-state index is 0.0645. The third-order valence-corrected chi connectivity index (χ3v) is 3.00. The molecule has 1 atom stereocenters. The molecule has 0 fully saturated rings. The molecule has 1 aromatic carbocycles. The molecule has 24 heavy (non-hydrogen) atoms. The monoisotopic (exact) mass is 364 g/mol. The minimum atomic E-state index is -2.90. The number of halogens is 3. The Kier molecular flexibility index (Phi) is 7.69. The lowest BCUT2D eigenvalue weighted by Crippen LogP contribution is -2.42. The van der Waals surface area contributed by atoms with E-state index < -0.39 is 18.3 Å². The molecular formula is C16H23ClF2N2O3. The lowest BCUT2D eigenvalue weighted by Gasteiger charge is -2.22. The van der Waals surface area contributed by atoms with Gasteiger partial charge >= 0.3 is 12.7 Å². The topological polar surface area (TPSA) is 59.6 Å². The van der Waals surface area contributed by atoms with Gasteiger partial charge in [-0.15, -0.1) is 0 Å². The number of alkyl carbamates (subject to hydrolysis) is 1. The maximum Gasteiger partial charge on any atom is 0.407 e. The average Bonchev–Trinajstić information content (AvgIpc) is 2.38. The van der Waals surface area contributed by atoms with E-state index in [1.165, 1.54) is 12.1 Å². The van der Waals surface area contributed by atoms with Crippen LogP contribution in [0.3, 0.4) is 0 Å². The number of benzene rings is 1. The molecule has 1 unspecified atom stereocenters. The average molecular weight is 365 g/mol. The zero-order valence-corrected chi connectivity index (χ0v) is 14.9. The van der Waals surface area contributed by atoms with E-state index in [0.717, 1.165) is 0 Å². The van der Waals surface area contributed by atoms with Crippen LogP contribution in [0, 0.1) is 0 Å². The van der Waals surface area contributed by atoms with E-state index in [0.29, 0.717) is 17.1 Å². The molecule has 2 N–H and O–H groups in total. The first kappa shape index (κ1) is 20.4. The summed E-state index contributed by atoms with van der Waals surface area (Å²) < 4.78 is 34.4. The van der Waals surface area contributed by atoms with E-state index in [4.69, 9.17) is 16.3 Å². The van der Waals surface area contributed by atoms with E-state index in [2.05, 4.69) is 15.4 Å². The van der Waals surface area contributed by atoms with Crippen molar-refractivity contribution in [2.45, 2.75) is 52.5 Å². The van der Waals surface area contributed by atoms with Gasteiger partial charge in [0.1, 0.15) is 11.4 Å². The van der Waals surface area contributed by atoms with Crippen LogP contribution in [-0.2, 0) is 11.3 Å². The van der Waals surface area contributed by atoms with E-state index in [9.17, 15) is 13.6 Å². The maximum atomic E-state index is 12.4. The van der Waals surface area contributed by atoms with Gasteiger partial charge in [0.25, 0.3) is 0 Å². The summed E-state index contributed by atoms with van der Waals surface area (Å²) in [6.45, 7) is 4.91. The Hall–Kier alpha value is -1.60. The van der Waals surface area contributed by atoms with Crippen LogP contribution in [-0.4, -0.2) is 30.9 Å². The van der Waals surface area contributed by atoms with Crippen molar-refractivity contribution in [2.75, 3.05) is 6.54 Å². The molecule has 0 saturated heterocycles. The van der Waals surface area contributed by atoms with E-state index in [1.54, 1.807) is 33.8 Å². The van der Waals surface area contributed by atoms with Gasteiger partial charge in [-0.1, -0.05) is 11.6 Å². The van der Waals surface area contributed by atoms with Crippen molar-refractivity contribution in [3.63, 3.8) is 0 Å². The molecule has 0 aromatic heterocycles. The van der Waals surface area contributed by atoms with Crippen LogP contribution in [0.5, 0.6) is 5.75 Å². The van der Waals surface area contributed by atoms with Gasteiger partial charge in [-0.25, -0.2) is 4.79 Å². The predicted octanol–water partition coefficient (Wildman–Crippen LogP) is 3.94. The third-order valence-electron chi connectivity index (χ3n) is 2.77. The number of carbonyl (C=O) groups excluding carboxylic acids is 1. The van der Waals surface area contributed by atoms with Gasteiger partial charge in [-0.3, -0.25) is 0 Å². The Morgan fingerprint density at radius 2 is 2.00 bits per heavy atom. The van der Waals surface area contributed by atoms with Crippen LogP contribution in [0.15, 0.2) is 18.2 Å². The molecule has 1 aromatic rings. The van der Waals surface area contributed by atoms with Crippen LogP contribution in [0.25, 0.3) is 0 Å². The van der Waals surface area contributed by atoms with Crippen LogP contribution < -0.4 is 15.4 Å². The zero-order chi connectivity index (χ0) is 18.3. The van der Waals surface area contributed by atoms with Gasteiger partial charge in [-0.2, -0.15) is 8.78 Å². The summed E-state index contributed by atoms with van der Waals surface area (Å²) in [7, 11) is 0. The van der Waals surface area contributed by atoms with Crippen molar-refractivity contribution in [3.8, 4) is 5.75 Å². The lowest BCUT2D eigenvalue weighted by atomic mass is 10.2. The number of nitrogens with one attached hydrogen (secondary N) is 2. The Bertz CT molecular complexity index is 551. The van der Waals surface area contributed by atoms with E-state index in [1.807, 2.05) is 0 Å². The molecule has 0 radical (unpaired) electrons. The highest BCUT2D eigenvalue weighted by atomic mass is 35.5. The minimum Gasteiger partial charge on any atom is -0.444 e. The molecule has 5 nitrogen and oxygen atoms in total. The Morgan fingerprint density at radius 1 is 1.33 bits per heavy atom. The van der Waals surface area contributed by atoms with Crippen molar-refractivity contribution < 1.29 is 23.0 Å². The number of ether oxygens (including phenoxy) is 2. The lowest BCUT2D eigenvalue weighted by molar-refractivity contribution is -0.0505. The van der Waals surface area contributed by atoms with E-state index >= 15 is 0 Å². The molecule has 0 aliphatic heterocycles. The van der Waals surface area contributed by atoms with Gasteiger partial charge < -0.3 is 20.1 Å². The molecule has 136 valence electrons. The first-order valence-corrected chi connectivity index (χ1v) is 7.88. The molecule has 1 rings (SSSR count). The molecule has 0 spiro atoms. The van der Waals surface area contributed by atoms with E-state index in [-0.39, 0.29) is 18.3 Å². The van der Waals surface area contributed by atoms with Crippen LogP contribution in [0.4, 0.5) is 13.6 Å². The summed E-state index contributed by atoms with van der Waals surface area (Å²) in [4.78, 5) is 11.6. The Morgan fingerprint density at radius 3 is 2.58 bits per heavy atom. The number of alkyl halides is 2. The zero-order valence-electron chi connectivity index (χ0n) is 14.2. The second-order valence-corrected chi connectivity index (χ2v) is 6.75. The molecular weight excluding hydrogens is 342 g/mol. The fourth-order valence-electron chi connectivity index (χ4n) is 1.88. The van der Waals surface area contributed by atoms with Gasteiger partial charge in [0.05, 0.1) is 0 Å². The second kappa shape index (κ2) is 9.03. The summed E-state index contributed by atoms with van der Waals surface area (Å²) in [6, 6.07) is 4.22. The number of amides is 1. The summed E-state index contributed by atoms with van der Waals surface area (Å²) in [6.07, 6.45) is -0.513. The summed E-state index contributed by atoms with van der Waals surface area (Å²) in [5.74, 6) is 0.0645.